The van der Waals surface area contributed by atoms with Crippen molar-refractivity contribution in [3.05, 3.63) is 52.2 Å². The van der Waals surface area contributed by atoms with Gasteiger partial charge >= 0.3 is 0 Å². The third-order valence-corrected chi connectivity index (χ3v) is 4.58. The molecule has 2 rings (SSSR count). The van der Waals surface area contributed by atoms with Crippen LogP contribution in [0.4, 0.5) is 5.69 Å². The first-order chi connectivity index (χ1) is 9.69. The maximum atomic E-state index is 5.65. The Morgan fingerprint density at radius 3 is 2.45 bits per heavy atom. The summed E-state index contributed by atoms with van der Waals surface area (Å²) in [6.07, 6.45) is 1.85. The van der Waals surface area contributed by atoms with Gasteiger partial charge in [-0.15, -0.1) is 11.3 Å². The minimum absolute atomic E-state index is 0.575. The maximum Gasteiger partial charge on any atom is 0.0745 e. The largest absolute Gasteiger partial charge is 0.393 e. The number of benzene rings is 1. The molecule has 0 aliphatic carbocycles. The van der Waals surface area contributed by atoms with E-state index in [-0.39, 0.29) is 0 Å². The molecule has 0 aliphatic rings. The first-order valence-electron chi connectivity index (χ1n) is 6.85. The number of nitrogens with zero attached hydrogens (tertiary/aromatic N) is 1. The molecule has 0 amide bonds. The second kappa shape index (κ2) is 7.41. The van der Waals surface area contributed by atoms with E-state index in [0.29, 0.717) is 4.99 Å². The third kappa shape index (κ3) is 4.32. The molecule has 0 fully saturated rings. The lowest BCUT2D eigenvalue weighted by atomic mass is 10.2. The predicted molar refractivity (Wildman–Crippen MR) is 92.6 cm³/mol. The van der Waals surface area contributed by atoms with Gasteiger partial charge in [0.1, 0.15) is 0 Å². The van der Waals surface area contributed by atoms with Gasteiger partial charge in [-0.25, -0.2) is 0 Å². The summed E-state index contributed by atoms with van der Waals surface area (Å²) in [5.41, 5.74) is 6.86. The number of rotatable bonds is 7. The number of nitrogens with two attached hydrogens (primary N) is 1. The average Bonchev–Trinajstić information content (AvgIpc) is 2.92. The number of anilines is 1. The zero-order chi connectivity index (χ0) is 14.4. The second-order valence-corrected chi connectivity index (χ2v) is 6.47. The molecule has 0 atom stereocenters. The first-order valence-corrected chi connectivity index (χ1v) is 8.07. The lowest BCUT2D eigenvalue weighted by Gasteiger charge is -2.24. The molecule has 0 saturated carbocycles. The summed E-state index contributed by atoms with van der Waals surface area (Å²) in [6.45, 7) is 3.97. The fourth-order valence-corrected chi connectivity index (χ4v) is 3.13. The topological polar surface area (TPSA) is 29.3 Å². The van der Waals surface area contributed by atoms with Crippen molar-refractivity contribution in [1.82, 2.24) is 0 Å². The van der Waals surface area contributed by atoms with E-state index in [1.807, 2.05) is 17.4 Å². The van der Waals surface area contributed by atoms with Crippen LogP contribution in [0.1, 0.15) is 23.1 Å². The first kappa shape index (κ1) is 15.0. The number of hydrogen-bond acceptors (Lipinski definition) is 3. The SMILES string of the molecule is CCc1ccc(CN(CCC(N)=S)c2ccccc2)s1. The average molecular weight is 304 g/mol. The van der Waals surface area contributed by atoms with E-state index in [9.17, 15) is 0 Å². The van der Waals surface area contributed by atoms with Gasteiger partial charge in [0.15, 0.2) is 0 Å². The van der Waals surface area contributed by atoms with E-state index < -0.39 is 0 Å². The van der Waals surface area contributed by atoms with Gasteiger partial charge in [-0.05, 0) is 30.7 Å². The van der Waals surface area contributed by atoms with Crippen LogP contribution in [-0.2, 0) is 13.0 Å². The van der Waals surface area contributed by atoms with Crippen LogP contribution in [0, 0.1) is 0 Å². The molecule has 0 spiro atoms. The van der Waals surface area contributed by atoms with Crippen molar-refractivity contribution in [1.29, 1.82) is 0 Å². The fraction of sp³-hybridized carbons (Fsp3) is 0.312. The van der Waals surface area contributed by atoms with Gasteiger partial charge in [0.25, 0.3) is 0 Å². The van der Waals surface area contributed by atoms with Gasteiger partial charge in [0.05, 0.1) is 11.5 Å². The third-order valence-electron chi connectivity index (χ3n) is 3.16. The van der Waals surface area contributed by atoms with Crippen molar-refractivity contribution in [3.8, 4) is 0 Å². The van der Waals surface area contributed by atoms with Gasteiger partial charge in [0.2, 0.25) is 0 Å². The Morgan fingerprint density at radius 1 is 1.15 bits per heavy atom. The molecule has 106 valence electrons. The molecule has 0 radical (unpaired) electrons. The summed E-state index contributed by atoms with van der Waals surface area (Å²) < 4.78 is 0. The zero-order valence-corrected chi connectivity index (χ0v) is 13.3. The van der Waals surface area contributed by atoms with Crippen molar-refractivity contribution in [3.63, 3.8) is 0 Å². The van der Waals surface area contributed by atoms with Gasteiger partial charge in [-0.2, -0.15) is 0 Å². The van der Waals surface area contributed by atoms with Crippen molar-refractivity contribution < 1.29 is 0 Å². The summed E-state index contributed by atoms with van der Waals surface area (Å²) in [4.78, 5) is 5.73. The molecule has 4 heteroatoms. The molecule has 2 nitrogen and oxygen atoms in total. The molecule has 2 aromatic rings. The quantitative estimate of drug-likeness (QED) is 0.784. The Labute approximate surface area is 130 Å². The number of hydrogen-bond donors (Lipinski definition) is 1. The lowest BCUT2D eigenvalue weighted by molar-refractivity contribution is 0.816. The van der Waals surface area contributed by atoms with Crippen molar-refractivity contribution in [2.75, 3.05) is 11.4 Å². The van der Waals surface area contributed by atoms with E-state index >= 15 is 0 Å². The minimum Gasteiger partial charge on any atom is -0.393 e. The normalized spacial score (nSPS) is 10.4. The van der Waals surface area contributed by atoms with Crippen LogP contribution in [0.15, 0.2) is 42.5 Å². The Morgan fingerprint density at radius 2 is 1.85 bits per heavy atom. The molecule has 1 aromatic carbocycles. The van der Waals surface area contributed by atoms with E-state index in [1.165, 1.54) is 15.4 Å². The van der Waals surface area contributed by atoms with Crippen molar-refractivity contribution in [2.45, 2.75) is 26.3 Å². The van der Waals surface area contributed by atoms with Crippen LogP contribution < -0.4 is 10.6 Å². The Balaban J connectivity index is 2.11. The molecule has 0 unspecified atom stereocenters. The fourth-order valence-electron chi connectivity index (χ4n) is 2.07. The highest BCUT2D eigenvalue weighted by Gasteiger charge is 2.09. The molecule has 2 N–H and O–H groups in total. The van der Waals surface area contributed by atoms with Gasteiger partial charge < -0.3 is 10.6 Å². The highest BCUT2D eigenvalue weighted by atomic mass is 32.1. The molecular formula is C16H20N2S2. The van der Waals surface area contributed by atoms with Crippen LogP contribution in [0.25, 0.3) is 0 Å². The van der Waals surface area contributed by atoms with Gasteiger partial charge in [-0.1, -0.05) is 37.3 Å². The standard InChI is InChI=1S/C16H20N2S2/c1-2-14-8-9-15(20-14)12-18(11-10-16(17)19)13-6-4-3-5-7-13/h3-9H,2,10-12H2,1H3,(H2,17,19). The molecule has 1 heterocycles. The van der Waals surface area contributed by atoms with Crippen LogP contribution in [0.2, 0.25) is 0 Å². The summed E-state index contributed by atoms with van der Waals surface area (Å²) in [6, 6.07) is 14.9. The van der Waals surface area contributed by atoms with Crippen molar-refractivity contribution >= 4 is 34.2 Å². The summed E-state index contributed by atoms with van der Waals surface area (Å²) >= 11 is 6.89. The van der Waals surface area contributed by atoms with Crippen LogP contribution >= 0.6 is 23.6 Å². The van der Waals surface area contributed by atoms with E-state index in [4.69, 9.17) is 18.0 Å². The number of thiocarbonyl (C=S) groups is 1. The highest BCUT2D eigenvalue weighted by Crippen LogP contribution is 2.22. The van der Waals surface area contributed by atoms with E-state index in [2.05, 4.69) is 48.2 Å². The zero-order valence-electron chi connectivity index (χ0n) is 11.7. The summed E-state index contributed by atoms with van der Waals surface area (Å²) in [5.74, 6) is 0. The number of thiophene rings is 1. The smallest absolute Gasteiger partial charge is 0.0745 e. The second-order valence-electron chi connectivity index (χ2n) is 4.69. The van der Waals surface area contributed by atoms with Crippen molar-refractivity contribution in [2.24, 2.45) is 5.73 Å². The molecule has 1 aromatic heterocycles. The summed E-state index contributed by atoms with van der Waals surface area (Å²) in [5, 5.41) is 0. The summed E-state index contributed by atoms with van der Waals surface area (Å²) in [7, 11) is 0. The number of aryl methyl sites for hydroxylation is 1. The van der Waals surface area contributed by atoms with Crippen LogP contribution in [0.5, 0.6) is 0 Å². The van der Waals surface area contributed by atoms with Gasteiger partial charge in [0, 0.05) is 28.4 Å². The van der Waals surface area contributed by atoms with Gasteiger partial charge in [-0.3, -0.25) is 0 Å². The molecule has 0 aliphatic heterocycles. The number of para-hydroxylation sites is 1. The predicted octanol–water partition coefficient (Wildman–Crippen LogP) is 3.99. The molecule has 0 bridgehead atoms. The van der Waals surface area contributed by atoms with Crippen LogP contribution in [0.3, 0.4) is 0 Å². The lowest BCUT2D eigenvalue weighted by Crippen LogP contribution is -2.26. The van der Waals surface area contributed by atoms with Crippen LogP contribution in [-0.4, -0.2) is 11.5 Å². The van der Waals surface area contributed by atoms with E-state index in [1.54, 1.807) is 0 Å². The molecule has 0 saturated heterocycles. The maximum absolute atomic E-state index is 5.65. The minimum atomic E-state index is 0.575. The monoisotopic (exact) mass is 304 g/mol. The van der Waals surface area contributed by atoms with E-state index in [0.717, 1.165) is 25.9 Å². The molecule has 20 heavy (non-hydrogen) atoms. The Hall–Kier alpha value is -1.39. The Kier molecular flexibility index (Phi) is 5.56. The Bertz CT molecular complexity index is 549. The molecular weight excluding hydrogens is 284 g/mol. The highest BCUT2D eigenvalue weighted by molar-refractivity contribution is 7.80.